The van der Waals surface area contributed by atoms with Gasteiger partial charge in [0.25, 0.3) is 0 Å². The minimum absolute atomic E-state index is 0.00474. The molecule has 6 heteroatoms. The molecule has 0 spiro atoms. The highest BCUT2D eigenvalue weighted by Gasteiger charge is 2.42. The van der Waals surface area contributed by atoms with Crippen LogP contribution in [0, 0.1) is 0 Å². The fourth-order valence-corrected chi connectivity index (χ4v) is 8.89. The van der Waals surface area contributed by atoms with E-state index in [1.54, 1.807) is 0 Å². The monoisotopic (exact) mass is 658 g/mol. The van der Waals surface area contributed by atoms with Crippen LogP contribution < -0.4 is 0 Å². The summed E-state index contributed by atoms with van der Waals surface area (Å²) in [5.41, 5.74) is 14.8. The van der Waals surface area contributed by atoms with Gasteiger partial charge < -0.3 is 0 Å². The first kappa shape index (κ1) is 32.1. The molecule has 1 aliphatic rings. The number of nitrogens with zero attached hydrogens (tertiary/aromatic N) is 4. The minimum Gasteiger partial charge on any atom is -0.173 e. The molecule has 4 nitrogen and oxygen atoms in total. The van der Waals surface area contributed by atoms with Gasteiger partial charge in [0.15, 0.2) is 0 Å². The predicted molar refractivity (Wildman–Crippen MR) is 201 cm³/mol. The Hall–Kier alpha value is -3.48. The van der Waals surface area contributed by atoms with E-state index in [1.807, 2.05) is 0 Å². The van der Waals surface area contributed by atoms with Crippen molar-refractivity contribution in [1.29, 1.82) is 0 Å². The second-order valence-corrected chi connectivity index (χ2v) is 14.6. The van der Waals surface area contributed by atoms with Crippen molar-refractivity contribution in [2.24, 2.45) is 0 Å². The Morgan fingerprint density at radius 3 is 1.28 bits per heavy atom. The molecule has 0 amide bonds. The summed E-state index contributed by atoms with van der Waals surface area (Å²) >= 11 is 2.59. The lowest BCUT2D eigenvalue weighted by Crippen LogP contribution is -2.25. The van der Waals surface area contributed by atoms with E-state index < -0.39 is 0 Å². The lowest BCUT2D eigenvalue weighted by Gasteiger charge is -2.33. The van der Waals surface area contributed by atoms with E-state index in [0.29, 0.717) is 0 Å². The first-order valence-electron chi connectivity index (χ1n) is 17.9. The molecule has 0 N–H and O–H groups in total. The summed E-state index contributed by atoms with van der Waals surface area (Å²) in [4.78, 5) is 0. The standard InChI is InChI=1S/C41H46N4S2/c1-3-5-7-9-11-13-23-41(24-14-12-10-8-6-4-2)35-25-29(31-17-21-37-39(27-31)44-46-42-37)15-19-33(35)34-20-16-30(26-36(34)41)32-18-22-38-40(28-32)45-47-43-38/h15-22,25-28H,3-14,23-24H2,1-2H3. The number of unbranched alkanes of at least 4 members (excludes halogenated alkanes) is 10. The van der Waals surface area contributed by atoms with Gasteiger partial charge in [0, 0.05) is 5.41 Å². The molecule has 7 rings (SSSR count). The van der Waals surface area contributed by atoms with Gasteiger partial charge in [0.2, 0.25) is 0 Å². The highest BCUT2D eigenvalue weighted by Crippen LogP contribution is 2.56. The van der Waals surface area contributed by atoms with Gasteiger partial charge in [-0.2, -0.15) is 17.5 Å². The molecule has 47 heavy (non-hydrogen) atoms. The van der Waals surface area contributed by atoms with E-state index in [0.717, 1.165) is 22.1 Å². The number of benzene rings is 4. The molecule has 0 aliphatic heterocycles. The van der Waals surface area contributed by atoms with E-state index >= 15 is 0 Å². The van der Waals surface area contributed by atoms with Crippen LogP contribution >= 0.6 is 23.5 Å². The van der Waals surface area contributed by atoms with Gasteiger partial charge in [-0.05, 0) is 93.7 Å². The van der Waals surface area contributed by atoms with E-state index in [1.165, 1.54) is 158 Å². The Bertz CT molecular complexity index is 1810. The van der Waals surface area contributed by atoms with Crippen LogP contribution in [0.15, 0.2) is 72.8 Å². The molecule has 0 unspecified atom stereocenters. The van der Waals surface area contributed by atoms with E-state index in [9.17, 15) is 0 Å². The molecule has 2 aromatic heterocycles. The van der Waals surface area contributed by atoms with Crippen LogP contribution in [-0.2, 0) is 5.41 Å². The van der Waals surface area contributed by atoms with Gasteiger partial charge in [0.1, 0.15) is 22.1 Å². The molecule has 0 atom stereocenters. The van der Waals surface area contributed by atoms with Crippen LogP contribution in [0.1, 0.15) is 115 Å². The Balaban J connectivity index is 1.31. The number of hydrogen-bond acceptors (Lipinski definition) is 6. The van der Waals surface area contributed by atoms with Gasteiger partial charge in [-0.3, -0.25) is 0 Å². The lowest BCUT2D eigenvalue weighted by molar-refractivity contribution is 0.398. The van der Waals surface area contributed by atoms with E-state index in [-0.39, 0.29) is 5.41 Å². The topological polar surface area (TPSA) is 51.6 Å². The van der Waals surface area contributed by atoms with Crippen molar-refractivity contribution < 1.29 is 0 Å². The van der Waals surface area contributed by atoms with Crippen molar-refractivity contribution in [2.75, 3.05) is 0 Å². The third kappa shape index (κ3) is 6.64. The summed E-state index contributed by atoms with van der Waals surface area (Å²) in [6.45, 7) is 4.62. The number of hydrogen-bond donors (Lipinski definition) is 0. The fraction of sp³-hybridized carbons (Fsp3) is 0.415. The van der Waals surface area contributed by atoms with Gasteiger partial charge in [-0.1, -0.05) is 127 Å². The molecular formula is C41H46N4S2. The third-order valence-corrected chi connectivity index (χ3v) is 11.6. The maximum atomic E-state index is 4.56. The van der Waals surface area contributed by atoms with E-state index in [4.69, 9.17) is 0 Å². The number of rotatable bonds is 16. The molecule has 0 saturated carbocycles. The molecule has 0 fully saturated rings. The zero-order valence-electron chi connectivity index (χ0n) is 27.9. The van der Waals surface area contributed by atoms with E-state index in [2.05, 4.69) is 104 Å². The highest BCUT2D eigenvalue weighted by molar-refractivity contribution is 7.00. The van der Waals surface area contributed by atoms with Crippen LogP contribution in [0.5, 0.6) is 0 Å². The highest BCUT2D eigenvalue weighted by atomic mass is 32.1. The largest absolute Gasteiger partial charge is 0.173 e. The van der Waals surface area contributed by atoms with Crippen LogP contribution in [0.25, 0.3) is 55.4 Å². The average molecular weight is 659 g/mol. The third-order valence-electron chi connectivity index (χ3n) is 10.4. The maximum Gasteiger partial charge on any atom is 0.105 e. The summed E-state index contributed by atoms with van der Waals surface area (Å²) in [5.74, 6) is 0. The normalized spacial score (nSPS) is 13.4. The molecule has 1 aliphatic carbocycles. The summed E-state index contributed by atoms with van der Waals surface area (Å²) in [7, 11) is 0. The Labute approximate surface area is 288 Å². The molecule has 4 aromatic carbocycles. The van der Waals surface area contributed by atoms with Gasteiger partial charge in [-0.25, -0.2) is 0 Å². The maximum absolute atomic E-state index is 4.56. The molecule has 0 saturated heterocycles. The summed E-state index contributed by atoms with van der Waals surface area (Å²) < 4.78 is 18.0. The van der Waals surface area contributed by atoms with Gasteiger partial charge in [-0.15, -0.1) is 0 Å². The minimum atomic E-state index is 0.00474. The summed E-state index contributed by atoms with van der Waals surface area (Å²) in [5, 5.41) is 0. The van der Waals surface area contributed by atoms with Crippen LogP contribution in [0.3, 0.4) is 0 Å². The molecular weight excluding hydrogens is 613 g/mol. The molecule has 242 valence electrons. The molecule has 0 radical (unpaired) electrons. The van der Waals surface area contributed by atoms with Gasteiger partial charge in [0.05, 0.1) is 23.5 Å². The zero-order valence-corrected chi connectivity index (χ0v) is 29.6. The zero-order chi connectivity index (χ0) is 32.1. The van der Waals surface area contributed by atoms with Crippen molar-refractivity contribution in [1.82, 2.24) is 17.5 Å². The SMILES string of the molecule is CCCCCCCCC1(CCCCCCCC)c2cc(-c3ccc4nsnc4c3)ccc2-c2ccc(-c3ccc4nsnc4c3)cc21. The summed E-state index contributed by atoms with van der Waals surface area (Å²) in [6.07, 6.45) is 18.2. The molecule has 2 heterocycles. The van der Waals surface area contributed by atoms with Crippen molar-refractivity contribution in [3.05, 3.63) is 83.9 Å². The first-order chi connectivity index (χ1) is 23.2. The van der Waals surface area contributed by atoms with Crippen molar-refractivity contribution in [2.45, 2.75) is 109 Å². The van der Waals surface area contributed by atoms with Crippen LogP contribution in [0.4, 0.5) is 0 Å². The second kappa shape index (κ2) is 14.7. The van der Waals surface area contributed by atoms with Crippen LogP contribution in [0.2, 0.25) is 0 Å². The van der Waals surface area contributed by atoms with Crippen molar-refractivity contribution >= 4 is 45.5 Å². The van der Waals surface area contributed by atoms with Crippen LogP contribution in [-0.4, -0.2) is 17.5 Å². The Morgan fingerprint density at radius 1 is 0.426 bits per heavy atom. The van der Waals surface area contributed by atoms with Gasteiger partial charge >= 0.3 is 0 Å². The predicted octanol–water partition coefficient (Wildman–Crippen LogP) is 12.8. The number of aromatic nitrogens is 4. The second-order valence-electron chi connectivity index (χ2n) is 13.6. The first-order valence-corrected chi connectivity index (χ1v) is 19.4. The number of fused-ring (bicyclic) bond motifs is 5. The van der Waals surface area contributed by atoms with Crippen molar-refractivity contribution in [3.8, 4) is 33.4 Å². The smallest absolute Gasteiger partial charge is 0.105 e. The quantitative estimate of drug-likeness (QED) is 0.0971. The Morgan fingerprint density at radius 2 is 0.809 bits per heavy atom. The van der Waals surface area contributed by atoms with Crippen molar-refractivity contribution in [3.63, 3.8) is 0 Å². The molecule has 0 bridgehead atoms. The molecule has 6 aromatic rings. The Kier molecular flexibility index (Phi) is 10.1. The lowest BCUT2D eigenvalue weighted by atomic mass is 9.70. The average Bonchev–Trinajstić information content (AvgIpc) is 3.84. The summed E-state index contributed by atoms with van der Waals surface area (Å²) in [6, 6.07) is 27.7. The fourth-order valence-electron chi connectivity index (χ4n) is 7.86.